The van der Waals surface area contributed by atoms with Crippen molar-refractivity contribution in [2.75, 3.05) is 11.5 Å². The van der Waals surface area contributed by atoms with Gasteiger partial charge in [-0.15, -0.1) is 0 Å². The number of nitrogens with two attached hydrogens (primary N) is 2. The topological polar surface area (TPSA) is 69.1 Å². The van der Waals surface area contributed by atoms with Crippen molar-refractivity contribution in [1.29, 1.82) is 0 Å². The molecule has 0 aliphatic heterocycles. The third kappa shape index (κ3) is 2.47. The van der Waals surface area contributed by atoms with Gasteiger partial charge in [-0.25, -0.2) is 0 Å². The second kappa shape index (κ2) is 3.94. The van der Waals surface area contributed by atoms with Crippen LogP contribution in [0.4, 0.5) is 11.4 Å². The van der Waals surface area contributed by atoms with Crippen molar-refractivity contribution in [2.45, 2.75) is 13.3 Å². The van der Waals surface area contributed by atoms with Crippen LogP contribution in [0.15, 0.2) is 18.2 Å². The highest BCUT2D eigenvalue weighted by Gasteiger charge is 2.02. The maximum atomic E-state index is 10.4. The fourth-order valence-electron chi connectivity index (χ4n) is 1.17. The van der Waals surface area contributed by atoms with Crippen molar-refractivity contribution in [2.24, 2.45) is 5.92 Å². The van der Waals surface area contributed by atoms with E-state index in [0.717, 1.165) is 11.8 Å². The SMILES string of the molecule is CC(C=O)Cc1ccc(N)c(N)c1. The molecule has 0 saturated carbocycles. The molecule has 0 saturated heterocycles. The van der Waals surface area contributed by atoms with Crippen molar-refractivity contribution in [1.82, 2.24) is 0 Å². The number of carbonyl (C=O) groups is 1. The summed E-state index contributed by atoms with van der Waals surface area (Å²) in [6.07, 6.45) is 1.65. The molecule has 0 radical (unpaired) electrons. The normalized spacial score (nSPS) is 12.4. The lowest BCUT2D eigenvalue weighted by molar-refractivity contribution is -0.110. The average molecular weight is 178 g/mol. The Morgan fingerprint density at radius 1 is 1.38 bits per heavy atom. The molecule has 0 aliphatic rings. The van der Waals surface area contributed by atoms with Gasteiger partial charge in [0.25, 0.3) is 0 Å². The van der Waals surface area contributed by atoms with Crippen LogP contribution in [0.1, 0.15) is 12.5 Å². The van der Waals surface area contributed by atoms with Crippen LogP contribution in [0.3, 0.4) is 0 Å². The van der Waals surface area contributed by atoms with Gasteiger partial charge in [0.15, 0.2) is 0 Å². The van der Waals surface area contributed by atoms with Crippen molar-refractivity contribution < 1.29 is 4.79 Å². The van der Waals surface area contributed by atoms with Crippen LogP contribution in [0.25, 0.3) is 0 Å². The average Bonchev–Trinajstić information content (AvgIpc) is 2.11. The summed E-state index contributed by atoms with van der Waals surface area (Å²) < 4.78 is 0. The Hall–Kier alpha value is -1.51. The Morgan fingerprint density at radius 2 is 2.08 bits per heavy atom. The molecule has 0 amide bonds. The number of aldehydes is 1. The van der Waals surface area contributed by atoms with Crippen molar-refractivity contribution in [3.8, 4) is 0 Å². The van der Waals surface area contributed by atoms with Gasteiger partial charge in [-0.05, 0) is 24.1 Å². The van der Waals surface area contributed by atoms with E-state index in [1.54, 1.807) is 6.07 Å². The third-order valence-corrected chi connectivity index (χ3v) is 1.94. The molecule has 0 aliphatic carbocycles. The molecule has 4 N–H and O–H groups in total. The van der Waals surface area contributed by atoms with Crippen molar-refractivity contribution >= 4 is 17.7 Å². The summed E-state index contributed by atoms with van der Waals surface area (Å²) in [5, 5.41) is 0. The van der Waals surface area contributed by atoms with Gasteiger partial charge in [0.2, 0.25) is 0 Å². The van der Waals surface area contributed by atoms with E-state index in [2.05, 4.69) is 0 Å². The Balaban J connectivity index is 2.79. The fourth-order valence-corrected chi connectivity index (χ4v) is 1.17. The summed E-state index contributed by atoms with van der Waals surface area (Å²) in [6, 6.07) is 5.48. The van der Waals surface area contributed by atoms with E-state index in [1.165, 1.54) is 0 Å². The molecule has 70 valence electrons. The molecule has 1 unspecified atom stereocenters. The predicted octanol–water partition coefficient (Wildman–Crippen LogP) is 1.23. The first-order valence-corrected chi connectivity index (χ1v) is 4.22. The standard InChI is InChI=1S/C10H14N2O/c1-7(6-13)4-8-2-3-9(11)10(12)5-8/h2-3,5-7H,4,11-12H2,1H3. The molecule has 0 aromatic heterocycles. The molecule has 0 fully saturated rings. The Morgan fingerprint density at radius 3 is 2.62 bits per heavy atom. The molecular formula is C10H14N2O. The van der Waals surface area contributed by atoms with Crippen LogP contribution in [0, 0.1) is 5.92 Å². The number of carbonyl (C=O) groups excluding carboxylic acids is 1. The number of anilines is 2. The van der Waals surface area contributed by atoms with E-state index in [1.807, 2.05) is 19.1 Å². The highest BCUT2D eigenvalue weighted by Crippen LogP contribution is 2.17. The first kappa shape index (κ1) is 9.58. The zero-order valence-corrected chi connectivity index (χ0v) is 7.66. The Kier molecular flexibility index (Phi) is 2.90. The van der Waals surface area contributed by atoms with Gasteiger partial charge in [0.1, 0.15) is 6.29 Å². The summed E-state index contributed by atoms with van der Waals surface area (Å²) >= 11 is 0. The number of hydrogen-bond acceptors (Lipinski definition) is 3. The minimum absolute atomic E-state index is 0.0306. The first-order chi connectivity index (χ1) is 6.13. The van der Waals surface area contributed by atoms with Crippen LogP contribution >= 0.6 is 0 Å². The molecule has 3 heteroatoms. The van der Waals surface area contributed by atoms with Gasteiger partial charge in [-0.2, -0.15) is 0 Å². The Labute approximate surface area is 77.7 Å². The molecule has 0 spiro atoms. The van der Waals surface area contributed by atoms with Crippen molar-refractivity contribution in [3.05, 3.63) is 23.8 Å². The molecule has 3 nitrogen and oxygen atoms in total. The summed E-state index contributed by atoms with van der Waals surface area (Å²) in [6.45, 7) is 1.87. The summed E-state index contributed by atoms with van der Waals surface area (Å²) in [7, 11) is 0. The van der Waals surface area contributed by atoms with E-state index in [4.69, 9.17) is 11.5 Å². The molecule has 0 bridgehead atoms. The minimum atomic E-state index is 0.0306. The third-order valence-electron chi connectivity index (χ3n) is 1.94. The molecule has 0 heterocycles. The zero-order valence-electron chi connectivity index (χ0n) is 7.66. The van der Waals surface area contributed by atoms with E-state index >= 15 is 0 Å². The van der Waals surface area contributed by atoms with Crippen LogP contribution in [-0.2, 0) is 11.2 Å². The lowest BCUT2D eigenvalue weighted by atomic mass is 10.0. The van der Waals surface area contributed by atoms with Gasteiger partial charge < -0.3 is 16.3 Å². The maximum absolute atomic E-state index is 10.4. The molecule has 13 heavy (non-hydrogen) atoms. The largest absolute Gasteiger partial charge is 0.397 e. The zero-order chi connectivity index (χ0) is 9.84. The monoisotopic (exact) mass is 178 g/mol. The molecule has 1 aromatic rings. The minimum Gasteiger partial charge on any atom is -0.397 e. The molecule has 1 rings (SSSR count). The first-order valence-electron chi connectivity index (χ1n) is 4.22. The van der Waals surface area contributed by atoms with E-state index in [0.29, 0.717) is 17.8 Å². The maximum Gasteiger partial charge on any atom is 0.123 e. The number of rotatable bonds is 3. The van der Waals surface area contributed by atoms with Gasteiger partial charge in [-0.1, -0.05) is 13.0 Å². The molecule has 1 atom stereocenters. The summed E-state index contributed by atoms with van der Waals surface area (Å²) in [5.74, 6) is 0.0306. The summed E-state index contributed by atoms with van der Waals surface area (Å²) in [5.41, 5.74) is 13.4. The lowest BCUT2D eigenvalue weighted by Crippen LogP contribution is -2.02. The summed E-state index contributed by atoms with van der Waals surface area (Å²) in [4.78, 5) is 10.4. The second-order valence-corrected chi connectivity index (χ2v) is 3.28. The predicted molar refractivity (Wildman–Crippen MR) is 54.2 cm³/mol. The fraction of sp³-hybridized carbons (Fsp3) is 0.300. The quantitative estimate of drug-likeness (QED) is 0.540. The number of hydrogen-bond donors (Lipinski definition) is 2. The van der Waals surface area contributed by atoms with Crippen LogP contribution in [0.5, 0.6) is 0 Å². The van der Waals surface area contributed by atoms with E-state index in [-0.39, 0.29) is 5.92 Å². The molecular weight excluding hydrogens is 164 g/mol. The second-order valence-electron chi connectivity index (χ2n) is 3.28. The van der Waals surface area contributed by atoms with E-state index < -0.39 is 0 Å². The van der Waals surface area contributed by atoms with Crippen molar-refractivity contribution in [3.63, 3.8) is 0 Å². The van der Waals surface area contributed by atoms with Gasteiger partial charge in [-0.3, -0.25) is 0 Å². The highest BCUT2D eigenvalue weighted by molar-refractivity contribution is 5.64. The van der Waals surface area contributed by atoms with E-state index in [9.17, 15) is 4.79 Å². The highest BCUT2D eigenvalue weighted by atomic mass is 16.1. The number of nitrogen functional groups attached to an aromatic ring is 2. The van der Waals surface area contributed by atoms with Gasteiger partial charge in [0, 0.05) is 5.92 Å². The van der Waals surface area contributed by atoms with Crippen LogP contribution in [0.2, 0.25) is 0 Å². The van der Waals surface area contributed by atoms with Gasteiger partial charge in [0.05, 0.1) is 11.4 Å². The smallest absolute Gasteiger partial charge is 0.123 e. The lowest BCUT2D eigenvalue weighted by Gasteiger charge is -2.06. The van der Waals surface area contributed by atoms with Crippen LogP contribution in [-0.4, -0.2) is 6.29 Å². The van der Waals surface area contributed by atoms with Gasteiger partial charge >= 0.3 is 0 Å². The Bertz CT molecular complexity index is 310. The molecule has 1 aromatic carbocycles. The number of benzene rings is 1. The van der Waals surface area contributed by atoms with Crippen LogP contribution < -0.4 is 11.5 Å².